The lowest BCUT2D eigenvalue weighted by molar-refractivity contribution is -0.131. The Labute approximate surface area is 121 Å². The Hall–Kier alpha value is -1.36. The molecule has 1 fully saturated rings. The quantitative estimate of drug-likeness (QED) is 0.880. The largest absolute Gasteiger partial charge is 0.338 e. The first-order chi connectivity index (χ1) is 9.54. The van der Waals surface area contributed by atoms with Crippen molar-refractivity contribution in [2.24, 2.45) is 7.05 Å². The molecule has 0 spiro atoms. The molecule has 2 heterocycles. The number of rotatable bonds is 5. The second-order valence-corrected chi connectivity index (χ2v) is 5.71. The van der Waals surface area contributed by atoms with Crippen molar-refractivity contribution in [3.8, 4) is 0 Å². The summed E-state index contributed by atoms with van der Waals surface area (Å²) in [6, 6.07) is 0.378. The van der Waals surface area contributed by atoms with Gasteiger partial charge >= 0.3 is 0 Å². The summed E-state index contributed by atoms with van der Waals surface area (Å²) >= 11 is 0. The van der Waals surface area contributed by atoms with E-state index in [1.54, 1.807) is 0 Å². The summed E-state index contributed by atoms with van der Waals surface area (Å²) in [5, 5.41) is 7.59. The van der Waals surface area contributed by atoms with E-state index in [1.165, 1.54) is 11.3 Å². The Morgan fingerprint density at radius 1 is 1.45 bits per heavy atom. The Morgan fingerprint density at radius 2 is 2.20 bits per heavy atom. The highest BCUT2D eigenvalue weighted by molar-refractivity contribution is 5.77. The number of nitrogens with zero attached hydrogens (tertiary/aromatic N) is 3. The maximum atomic E-state index is 12.4. The number of amides is 1. The summed E-state index contributed by atoms with van der Waals surface area (Å²) in [4.78, 5) is 14.5. The lowest BCUT2D eigenvalue weighted by Crippen LogP contribution is -2.40. The molecule has 0 radical (unpaired) electrons. The summed E-state index contributed by atoms with van der Waals surface area (Å²) in [5.74, 6) is 0.283. The fraction of sp³-hybridized carbons (Fsp3) is 0.733. The first-order valence-corrected chi connectivity index (χ1v) is 7.47. The molecule has 1 saturated heterocycles. The number of hydrogen-bond donors (Lipinski definition) is 1. The van der Waals surface area contributed by atoms with Gasteiger partial charge in [-0.3, -0.25) is 9.48 Å². The van der Waals surface area contributed by atoms with Gasteiger partial charge in [-0.1, -0.05) is 0 Å². The normalized spacial score (nSPS) is 18.8. The number of carbonyl (C=O) groups is 1. The van der Waals surface area contributed by atoms with Crippen LogP contribution in [0, 0.1) is 13.8 Å². The van der Waals surface area contributed by atoms with Crippen LogP contribution in [0.2, 0.25) is 0 Å². The van der Waals surface area contributed by atoms with E-state index >= 15 is 0 Å². The maximum absolute atomic E-state index is 12.4. The third kappa shape index (κ3) is 3.03. The molecule has 1 aliphatic heterocycles. The Balaban J connectivity index is 1.95. The van der Waals surface area contributed by atoms with Gasteiger partial charge in [-0.25, -0.2) is 0 Å². The molecular formula is C15H26N4O. The zero-order valence-electron chi connectivity index (χ0n) is 13.1. The van der Waals surface area contributed by atoms with Crippen LogP contribution in [0.3, 0.4) is 0 Å². The predicted octanol–water partition coefficient (Wildman–Crippen LogP) is 1.18. The van der Waals surface area contributed by atoms with Crippen LogP contribution in [-0.4, -0.2) is 46.8 Å². The molecule has 0 unspecified atom stereocenters. The predicted molar refractivity (Wildman–Crippen MR) is 79.7 cm³/mol. The molecule has 1 amide bonds. The van der Waals surface area contributed by atoms with E-state index in [9.17, 15) is 4.79 Å². The third-order valence-corrected chi connectivity index (χ3v) is 4.38. The van der Waals surface area contributed by atoms with E-state index in [1.807, 2.05) is 25.7 Å². The van der Waals surface area contributed by atoms with Crippen LogP contribution in [0.25, 0.3) is 0 Å². The summed E-state index contributed by atoms with van der Waals surface area (Å²) in [6.07, 6.45) is 3.64. The van der Waals surface area contributed by atoms with Gasteiger partial charge in [0.15, 0.2) is 0 Å². The second kappa shape index (κ2) is 6.39. The second-order valence-electron chi connectivity index (χ2n) is 5.71. The number of nitrogens with one attached hydrogen (secondary N) is 1. The molecule has 112 valence electrons. The van der Waals surface area contributed by atoms with Crippen molar-refractivity contribution in [3.63, 3.8) is 0 Å². The van der Waals surface area contributed by atoms with Crippen molar-refractivity contribution in [1.82, 2.24) is 20.0 Å². The highest BCUT2D eigenvalue weighted by Crippen LogP contribution is 2.20. The monoisotopic (exact) mass is 278 g/mol. The number of aromatic nitrogens is 2. The number of aryl methyl sites for hydroxylation is 2. The molecule has 5 nitrogen and oxygen atoms in total. The molecule has 1 atom stereocenters. The average Bonchev–Trinajstić information content (AvgIpc) is 2.95. The molecule has 2 rings (SSSR count). The molecule has 1 N–H and O–H groups in total. The molecule has 1 aromatic rings. The van der Waals surface area contributed by atoms with Gasteiger partial charge in [-0.15, -0.1) is 0 Å². The highest BCUT2D eigenvalue weighted by Gasteiger charge is 2.27. The van der Waals surface area contributed by atoms with Gasteiger partial charge in [0.05, 0.1) is 5.69 Å². The Bertz CT molecular complexity index is 480. The van der Waals surface area contributed by atoms with Crippen LogP contribution in [0.15, 0.2) is 0 Å². The summed E-state index contributed by atoms with van der Waals surface area (Å²) in [5.41, 5.74) is 3.44. The number of carbonyl (C=O) groups excluding carboxylic acids is 1. The maximum Gasteiger partial charge on any atom is 0.223 e. The molecule has 0 saturated carbocycles. The minimum atomic E-state index is 0.283. The average molecular weight is 278 g/mol. The van der Waals surface area contributed by atoms with E-state index in [0.29, 0.717) is 12.5 Å². The van der Waals surface area contributed by atoms with Crippen LogP contribution in [0.4, 0.5) is 0 Å². The lowest BCUT2D eigenvalue weighted by Gasteiger charge is -2.24. The van der Waals surface area contributed by atoms with Gasteiger partial charge < -0.3 is 10.2 Å². The SMILES string of the molecule is CNC[C@@H]1CCCN1C(=O)CCc1c(C)nn(C)c1C. The first-order valence-electron chi connectivity index (χ1n) is 7.47. The van der Waals surface area contributed by atoms with Crippen LogP contribution < -0.4 is 5.32 Å². The van der Waals surface area contributed by atoms with E-state index < -0.39 is 0 Å². The van der Waals surface area contributed by atoms with Crippen molar-refractivity contribution in [1.29, 1.82) is 0 Å². The highest BCUT2D eigenvalue weighted by atomic mass is 16.2. The Morgan fingerprint density at radius 3 is 2.80 bits per heavy atom. The third-order valence-electron chi connectivity index (χ3n) is 4.38. The van der Waals surface area contributed by atoms with Gasteiger partial charge in [-0.2, -0.15) is 5.10 Å². The van der Waals surface area contributed by atoms with Gasteiger partial charge in [0.25, 0.3) is 0 Å². The fourth-order valence-corrected chi connectivity index (χ4v) is 3.17. The smallest absolute Gasteiger partial charge is 0.223 e. The van der Waals surface area contributed by atoms with Gasteiger partial charge in [0, 0.05) is 38.3 Å². The molecule has 0 aliphatic carbocycles. The zero-order chi connectivity index (χ0) is 14.7. The molecule has 0 bridgehead atoms. The van der Waals surface area contributed by atoms with Crippen molar-refractivity contribution in [2.75, 3.05) is 20.1 Å². The standard InChI is InChI=1S/C15H26N4O/c1-11-14(12(2)18(4)17-11)7-8-15(20)19-9-5-6-13(19)10-16-3/h13,16H,5-10H2,1-4H3/t13-/m0/s1. The minimum Gasteiger partial charge on any atom is -0.338 e. The summed E-state index contributed by atoms with van der Waals surface area (Å²) < 4.78 is 1.90. The molecule has 1 aromatic heterocycles. The zero-order valence-corrected chi connectivity index (χ0v) is 13.1. The van der Waals surface area contributed by atoms with E-state index in [0.717, 1.165) is 38.0 Å². The van der Waals surface area contributed by atoms with Crippen molar-refractivity contribution in [2.45, 2.75) is 45.6 Å². The van der Waals surface area contributed by atoms with Crippen molar-refractivity contribution < 1.29 is 4.79 Å². The van der Waals surface area contributed by atoms with Crippen LogP contribution in [0.5, 0.6) is 0 Å². The van der Waals surface area contributed by atoms with Crippen molar-refractivity contribution in [3.05, 3.63) is 17.0 Å². The summed E-state index contributed by atoms with van der Waals surface area (Å²) in [7, 11) is 3.90. The van der Waals surface area contributed by atoms with Crippen molar-refractivity contribution >= 4 is 5.91 Å². The topological polar surface area (TPSA) is 50.2 Å². The van der Waals surface area contributed by atoms with E-state index in [2.05, 4.69) is 22.2 Å². The lowest BCUT2D eigenvalue weighted by atomic mass is 10.1. The molecule has 20 heavy (non-hydrogen) atoms. The van der Waals surface area contributed by atoms with Crippen LogP contribution in [0.1, 0.15) is 36.2 Å². The fourth-order valence-electron chi connectivity index (χ4n) is 3.17. The van der Waals surface area contributed by atoms with Crippen LogP contribution >= 0.6 is 0 Å². The van der Waals surface area contributed by atoms with Gasteiger partial charge in [0.2, 0.25) is 5.91 Å². The number of hydrogen-bond acceptors (Lipinski definition) is 3. The molecule has 5 heteroatoms. The Kier molecular flexibility index (Phi) is 4.81. The summed E-state index contributed by atoms with van der Waals surface area (Å²) in [6.45, 7) is 5.90. The van der Waals surface area contributed by atoms with E-state index in [4.69, 9.17) is 0 Å². The van der Waals surface area contributed by atoms with Gasteiger partial charge in [0.1, 0.15) is 0 Å². The molecule has 0 aromatic carbocycles. The first kappa shape index (κ1) is 15.0. The molecular weight excluding hydrogens is 252 g/mol. The minimum absolute atomic E-state index is 0.283. The van der Waals surface area contributed by atoms with Gasteiger partial charge in [-0.05, 0) is 45.7 Å². The van der Waals surface area contributed by atoms with E-state index in [-0.39, 0.29) is 5.91 Å². The molecule has 1 aliphatic rings. The number of likely N-dealkylation sites (N-methyl/N-ethyl adjacent to an activating group) is 1. The number of likely N-dealkylation sites (tertiary alicyclic amines) is 1. The van der Waals surface area contributed by atoms with Crippen LogP contribution in [-0.2, 0) is 18.3 Å².